The molecule has 106 valence electrons. The maximum atomic E-state index is 5.84. The second-order valence-electron chi connectivity index (χ2n) is 5.26. The van der Waals surface area contributed by atoms with Crippen molar-refractivity contribution in [2.45, 2.75) is 12.8 Å². The highest BCUT2D eigenvalue weighted by Gasteiger charge is 2.14. The number of nitrogens with one attached hydrogen (secondary N) is 1. The van der Waals surface area contributed by atoms with E-state index in [1.165, 1.54) is 32.5 Å². The van der Waals surface area contributed by atoms with Crippen molar-refractivity contribution in [3.05, 3.63) is 29.3 Å². The zero-order valence-corrected chi connectivity index (χ0v) is 12.3. The molecule has 2 rings (SSSR count). The van der Waals surface area contributed by atoms with Gasteiger partial charge in [-0.15, -0.1) is 0 Å². The Hall–Kier alpha value is -0.770. The topological polar surface area (TPSA) is 24.5 Å². The number of hydrogen-bond donors (Lipinski definition) is 1. The first kappa shape index (κ1) is 14.6. The predicted molar refractivity (Wildman–Crippen MR) is 80.0 cm³/mol. The summed E-state index contributed by atoms with van der Waals surface area (Å²) in [4.78, 5) is 2.37. The van der Waals surface area contributed by atoms with E-state index in [1.807, 2.05) is 24.3 Å². The van der Waals surface area contributed by atoms with Gasteiger partial charge in [0.25, 0.3) is 0 Å². The molecule has 0 radical (unpaired) electrons. The van der Waals surface area contributed by atoms with Crippen molar-refractivity contribution in [2.24, 2.45) is 5.92 Å². The minimum Gasteiger partial charge on any atom is -0.492 e. The van der Waals surface area contributed by atoms with Crippen LogP contribution < -0.4 is 10.1 Å². The molecular weight excluding hydrogens is 260 g/mol. The normalized spacial score (nSPS) is 16.8. The summed E-state index contributed by atoms with van der Waals surface area (Å²) in [7, 11) is 2.17. The third-order valence-corrected chi connectivity index (χ3v) is 3.84. The van der Waals surface area contributed by atoms with E-state index in [-0.39, 0.29) is 0 Å². The van der Waals surface area contributed by atoms with Gasteiger partial charge in [-0.1, -0.05) is 11.6 Å². The quantitative estimate of drug-likeness (QED) is 0.868. The van der Waals surface area contributed by atoms with Gasteiger partial charge in [0.15, 0.2) is 0 Å². The highest BCUT2D eigenvalue weighted by molar-refractivity contribution is 6.30. The minimum atomic E-state index is 0.725. The maximum absolute atomic E-state index is 5.84. The molecule has 0 aliphatic carbocycles. The fourth-order valence-electron chi connectivity index (χ4n) is 2.45. The van der Waals surface area contributed by atoms with Gasteiger partial charge >= 0.3 is 0 Å². The molecule has 1 fully saturated rings. The molecule has 1 N–H and O–H groups in total. The van der Waals surface area contributed by atoms with Crippen LogP contribution in [0.5, 0.6) is 5.75 Å². The third kappa shape index (κ3) is 5.39. The van der Waals surface area contributed by atoms with Crippen molar-refractivity contribution in [1.29, 1.82) is 0 Å². The number of piperidine rings is 1. The van der Waals surface area contributed by atoms with Crippen LogP contribution in [0.1, 0.15) is 12.8 Å². The van der Waals surface area contributed by atoms with Crippen LogP contribution in [0.15, 0.2) is 24.3 Å². The number of benzene rings is 1. The Morgan fingerprint density at radius 1 is 1.26 bits per heavy atom. The fourth-order valence-corrected chi connectivity index (χ4v) is 2.57. The first-order valence-corrected chi connectivity index (χ1v) is 7.39. The van der Waals surface area contributed by atoms with Gasteiger partial charge in [-0.25, -0.2) is 0 Å². The Balaban J connectivity index is 1.63. The molecule has 1 aliphatic heterocycles. The summed E-state index contributed by atoms with van der Waals surface area (Å²) in [6, 6.07) is 7.54. The van der Waals surface area contributed by atoms with Crippen LogP contribution in [0.2, 0.25) is 5.02 Å². The van der Waals surface area contributed by atoms with Crippen molar-refractivity contribution in [3.63, 3.8) is 0 Å². The molecule has 1 heterocycles. The average Bonchev–Trinajstić information content (AvgIpc) is 2.42. The molecule has 0 atom stereocenters. The highest BCUT2D eigenvalue weighted by Crippen LogP contribution is 2.16. The molecule has 3 nitrogen and oxygen atoms in total. The minimum absolute atomic E-state index is 0.725. The molecule has 0 bridgehead atoms. The van der Waals surface area contributed by atoms with Crippen LogP contribution in [0.25, 0.3) is 0 Å². The number of hydrogen-bond acceptors (Lipinski definition) is 3. The van der Waals surface area contributed by atoms with E-state index >= 15 is 0 Å². The molecular formula is C15H23ClN2O. The molecule has 0 spiro atoms. The molecule has 0 saturated carbocycles. The van der Waals surface area contributed by atoms with Crippen LogP contribution in [0, 0.1) is 5.92 Å². The molecule has 4 heteroatoms. The molecule has 0 amide bonds. The standard InChI is InChI=1S/C15H23ClN2O/c1-18(12-13-6-8-17-9-7-13)10-11-19-15-4-2-14(16)3-5-15/h2-5,13,17H,6-12H2,1H3. The smallest absolute Gasteiger partial charge is 0.119 e. The van der Waals surface area contributed by atoms with Gasteiger partial charge in [0, 0.05) is 18.1 Å². The van der Waals surface area contributed by atoms with Gasteiger partial charge in [0.2, 0.25) is 0 Å². The van der Waals surface area contributed by atoms with Gasteiger partial charge in [0.1, 0.15) is 12.4 Å². The Bertz CT molecular complexity index is 363. The Labute approximate surface area is 120 Å². The average molecular weight is 283 g/mol. The van der Waals surface area contributed by atoms with Gasteiger partial charge < -0.3 is 15.0 Å². The first-order valence-electron chi connectivity index (χ1n) is 7.01. The lowest BCUT2D eigenvalue weighted by molar-refractivity contribution is 0.199. The van der Waals surface area contributed by atoms with Crippen molar-refractivity contribution in [2.75, 3.05) is 39.8 Å². The first-order chi connectivity index (χ1) is 9.24. The van der Waals surface area contributed by atoms with Crippen LogP contribution >= 0.6 is 11.6 Å². The van der Waals surface area contributed by atoms with E-state index in [1.54, 1.807) is 0 Å². The molecule has 1 aromatic rings. The third-order valence-electron chi connectivity index (χ3n) is 3.58. The van der Waals surface area contributed by atoms with Crippen LogP contribution in [-0.2, 0) is 0 Å². The molecule has 1 saturated heterocycles. The van der Waals surface area contributed by atoms with E-state index in [9.17, 15) is 0 Å². The van der Waals surface area contributed by atoms with Crippen LogP contribution in [0.4, 0.5) is 0 Å². The molecule has 1 aromatic carbocycles. The van der Waals surface area contributed by atoms with Crippen LogP contribution in [0.3, 0.4) is 0 Å². The summed E-state index contributed by atoms with van der Waals surface area (Å²) >= 11 is 5.84. The zero-order valence-electron chi connectivity index (χ0n) is 11.6. The number of likely N-dealkylation sites (N-methyl/N-ethyl adjacent to an activating group) is 1. The molecule has 1 aliphatic rings. The lowest BCUT2D eigenvalue weighted by atomic mass is 9.98. The summed E-state index contributed by atoms with van der Waals surface area (Å²) in [5.41, 5.74) is 0. The molecule has 0 unspecified atom stereocenters. The Kier molecular flexibility index (Phi) is 5.95. The number of rotatable bonds is 6. The Morgan fingerprint density at radius 3 is 2.63 bits per heavy atom. The van der Waals surface area contributed by atoms with E-state index in [2.05, 4.69) is 17.3 Å². The lowest BCUT2D eigenvalue weighted by Crippen LogP contribution is -2.36. The highest BCUT2D eigenvalue weighted by atomic mass is 35.5. The SMILES string of the molecule is CN(CCOc1ccc(Cl)cc1)CC1CCNCC1. The number of halogens is 1. The second-order valence-corrected chi connectivity index (χ2v) is 5.69. The van der Waals surface area contributed by atoms with Crippen molar-refractivity contribution in [3.8, 4) is 5.75 Å². The van der Waals surface area contributed by atoms with E-state index < -0.39 is 0 Å². The van der Waals surface area contributed by atoms with Crippen LogP contribution in [-0.4, -0.2) is 44.7 Å². The van der Waals surface area contributed by atoms with E-state index in [4.69, 9.17) is 16.3 Å². The zero-order chi connectivity index (χ0) is 13.5. The second kappa shape index (κ2) is 7.73. The lowest BCUT2D eigenvalue weighted by Gasteiger charge is -2.27. The summed E-state index contributed by atoms with van der Waals surface area (Å²) in [5.74, 6) is 1.72. The van der Waals surface area contributed by atoms with Crippen molar-refractivity contribution >= 4 is 11.6 Å². The summed E-state index contributed by atoms with van der Waals surface area (Å²) in [6.45, 7) is 5.20. The predicted octanol–water partition coefficient (Wildman–Crippen LogP) is 2.65. The number of nitrogens with zero attached hydrogens (tertiary/aromatic N) is 1. The summed E-state index contributed by atoms with van der Waals surface area (Å²) < 4.78 is 5.71. The van der Waals surface area contributed by atoms with Gasteiger partial charge in [-0.3, -0.25) is 0 Å². The Morgan fingerprint density at radius 2 is 1.95 bits per heavy atom. The largest absolute Gasteiger partial charge is 0.492 e. The molecule has 0 aromatic heterocycles. The van der Waals surface area contributed by atoms with E-state index in [0.717, 1.165) is 29.8 Å². The van der Waals surface area contributed by atoms with Gasteiger partial charge in [0.05, 0.1) is 0 Å². The van der Waals surface area contributed by atoms with Crippen molar-refractivity contribution < 1.29 is 4.74 Å². The summed E-state index contributed by atoms with van der Waals surface area (Å²) in [6.07, 6.45) is 2.59. The van der Waals surface area contributed by atoms with Gasteiger partial charge in [-0.2, -0.15) is 0 Å². The number of ether oxygens (including phenoxy) is 1. The summed E-state index contributed by atoms with van der Waals surface area (Å²) in [5, 5.41) is 4.15. The molecule has 19 heavy (non-hydrogen) atoms. The van der Waals surface area contributed by atoms with Crippen molar-refractivity contribution in [1.82, 2.24) is 10.2 Å². The monoisotopic (exact) mass is 282 g/mol. The van der Waals surface area contributed by atoms with E-state index in [0.29, 0.717) is 0 Å². The maximum Gasteiger partial charge on any atom is 0.119 e. The fraction of sp³-hybridized carbons (Fsp3) is 0.600. The van der Waals surface area contributed by atoms with Gasteiger partial charge in [-0.05, 0) is 63.2 Å².